The van der Waals surface area contributed by atoms with E-state index in [2.05, 4.69) is 15.5 Å². The van der Waals surface area contributed by atoms with Crippen molar-refractivity contribution in [2.75, 3.05) is 11.1 Å². The number of aromatic amines is 1. The monoisotopic (exact) mass is 351 g/mol. The van der Waals surface area contributed by atoms with E-state index in [0.29, 0.717) is 18.2 Å². The van der Waals surface area contributed by atoms with Crippen molar-refractivity contribution in [1.82, 2.24) is 10.2 Å². The molecular weight excluding hydrogens is 334 g/mol. The number of fused-ring (bicyclic) bond motifs is 1. The lowest BCUT2D eigenvalue weighted by Crippen LogP contribution is -2.12. The fourth-order valence-corrected chi connectivity index (χ4v) is 3.96. The molecular formula is C19H17N3O2S. The van der Waals surface area contributed by atoms with Gasteiger partial charge in [-0.05, 0) is 11.6 Å². The number of amides is 1. The molecule has 0 saturated carbocycles. The van der Waals surface area contributed by atoms with Gasteiger partial charge in [-0.1, -0.05) is 48.5 Å². The molecule has 1 amide bonds. The number of nitrogens with one attached hydrogen (secondary N) is 2. The summed E-state index contributed by atoms with van der Waals surface area (Å²) < 4.78 is 6.09. The van der Waals surface area contributed by atoms with Crippen LogP contribution in [0.5, 0.6) is 5.75 Å². The summed E-state index contributed by atoms with van der Waals surface area (Å²) in [6, 6.07) is 18.0. The summed E-state index contributed by atoms with van der Waals surface area (Å²) in [4.78, 5) is 11.9. The van der Waals surface area contributed by atoms with Crippen LogP contribution in [0.4, 0.5) is 5.82 Å². The molecule has 25 heavy (non-hydrogen) atoms. The first-order chi connectivity index (χ1) is 12.3. The topological polar surface area (TPSA) is 67.0 Å². The van der Waals surface area contributed by atoms with Gasteiger partial charge in [0, 0.05) is 11.1 Å². The molecule has 4 rings (SSSR count). The molecule has 1 aliphatic heterocycles. The molecule has 1 atom stereocenters. The van der Waals surface area contributed by atoms with Crippen molar-refractivity contribution in [3.05, 3.63) is 77.5 Å². The zero-order valence-electron chi connectivity index (χ0n) is 13.4. The summed E-state index contributed by atoms with van der Waals surface area (Å²) in [7, 11) is 0. The van der Waals surface area contributed by atoms with Crippen molar-refractivity contribution in [3.8, 4) is 5.75 Å². The van der Waals surface area contributed by atoms with Crippen LogP contribution in [0.2, 0.25) is 0 Å². The van der Waals surface area contributed by atoms with E-state index in [9.17, 15) is 4.79 Å². The molecule has 0 spiro atoms. The molecule has 0 saturated heterocycles. The number of anilines is 1. The fourth-order valence-electron chi connectivity index (χ4n) is 2.84. The third-order valence-corrected chi connectivity index (χ3v) is 5.31. The maximum absolute atomic E-state index is 11.9. The second-order valence-electron chi connectivity index (χ2n) is 5.75. The molecule has 2 aromatic carbocycles. The van der Waals surface area contributed by atoms with E-state index in [-0.39, 0.29) is 11.2 Å². The lowest BCUT2D eigenvalue weighted by Gasteiger charge is -2.18. The lowest BCUT2D eigenvalue weighted by molar-refractivity contribution is -0.113. The van der Waals surface area contributed by atoms with E-state index < -0.39 is 0 Å². The Kier molecular flexibility index (Phi) is 4.43. The van der Waals surface area contributed by atoms with Gasteiger partial charge in [-0.3, -0.25) is 9.89 Å². The third kappa shape index (κ3) is 3.39. The molecule has 0 radical (unpaired) electrons. The fraction of sp³-hybridized carbons (Fsp3) is 0.158. The Balaban J connectivity index is 1.64. The van der Waals surface area contributed by atoms with Gasteiger partial charge in [0.2, 0.25) is 5.91 Å². The molecule has 0 aliphatic carbocycles. The molecule has 0 bridgehead atoms. The minimum Gasteiger partial charge on any atom is -0.489 e. The largest absolute Gasteiger partial charge is 0.489 e. The van der Waals surface area contributed by atoms with Crippen molar-refractivity contribution in [2.45, 2.75) is 11.9 Å². The van der Waals surface area contributed by atoms with Crippen molar-refractivity contribution >= 4 is 23.5 Å². The number of aromatic nitrogens is 2. The van der Waals surface area contributed by atoms with E-state index in [1.54, 1.807) is 18.0 Å². The molecule has 1 aromatic heterocycles. The first kappa shape index (κ1) is 15.8. The summed E-state index contributed by atoms with van der Waals surface area (Å²) in [5, 5.41) is 9.80. The molecule has 126 valence electrons. The number of carbonyl (C=O) groups excluding carboxylic acids is 1. The number of thioether (sulfide) groups is 1. The molecule has 5 nitrogen and oxygen atoms in total. The van der Waals surface area contributed by atoms with Gasteiger partial charge in [0.25, 0.3) is 0 Å². The highest BCUT2D eigenvalue weighted by Gasteiger charge is 2.27. The van der Waals surface area contributed by atoms with Gasteiger partial charge in [-0.15, -0.1) is 11.8 Å². The number of H-pyrrole nitrogens is 1. The predicted octanol–water partition coefficient (Wildman–Crippen LogP) is 3.76. The van der Waals surface area contributed by atoms with Gasteiger partial charge in [0.05, 0.1) is 17.2 Å². The number of carbonyl (C=O) groups is 1. The van der Waals surface area contributed by atoms with E-state index in [1.807, 2.05) is 54.6 Å². The Hall–Kier alpha value is -2.73. The maximum Gasteiger partial charge on any atom is 0.235 e. The van der Waals surface area contributed by atoms with Crippen LogP contribution in [0.1, 0.15) is 21.9 Å². The third-order valence-electron chi connectivity index (χ3n) is 4.04. The van der Waals surface area contributed by atoms with Crippen LogP contribution in [0.25, 0.3) is 0 Å². The van der Waals surface area contributed by atoms with Crippen LogP contribution in [-0.4, -0.2) is 21.9 Å². The molecule has 2 N–H and O–H groups in total. The molecule has 0 unspecified atom stereocenters. The highest BCUT2D eigenvalue weighted by atomic mass is 32.2. The van der Waals surface area contributed by atoms with Gasteiger partial charge in [0.15, 0.2) is 0 Å². The second kappa shape index (κ2) is 7.03. The number of hydrogen-bond acceptors (Lipinski definition) is 4. The van der Waals surface area contributed by atoms with Crippen molar-refractivity contribution < 1.29 is 9.53 Å². The Bertz CT molecular complexity index is 879. The van der Waals surface area contributed by atoms with E-state index in [1.165, 1.54) is 0 Å². The van der Waals surface area contributed by atoms with Crippen LogP contribution in [0.15, 0.2) is 60.8 Å². The second-order valence-corrected chi connectivity index (χ2v) is 6.85. The quantitative estimate of drug-likeness (QED) is 0.751. The van der Waals surface area contributed by atoms with Gasteiger partial charge in [-0.2, -0.15) is 5.10 Å². The number of benzene rings is 2. The number of hydrogen-bond donors (Lipinski definition) is 2. The van der Waals surface area contributed by atoms with Gasteiger partial charge >= 0.3 is 0 Å². The predicted molar refractivity (Wildman–Crippen MR) is 98.7 cm³/mol. The highest BCUT2D eigenvalue weighted by Crippen LogP contribution is 2.43. The van der Waals surface area contributed by atoms with Gasteiger partial charge in [0.1, 0.15) is 18.2 Å². The summed E-state index contributed by atoms with van der Waals surface area (Å²) >= 11 is 1.58. The average molecular weight is 351 g/mol. The highest BCUT2D eigenvalue weighted by molar-refractivity contribution is 8.00. The first-order valence-corrected chi connectivity index (χ1v) is 9.06. The molecule has 6 heteroatoms. The summed E-state index contributed by atoms with van der Waals surface area (Å²) in [6.45, 7) is 0.505. The number of nitrogens with zero attached hydrogens (tertiary/aromatic N) is 1. The minimum absolute atomic E-state index is 0.0142. The minimum atomic E-state index is -0.0271. The number of rotatable bonds is 4. The number of ether oxygens (including phenoxy) is 1. The summed E-state index contributed by atoms with van der Waals surface area (Å²) in [5.74, 6) is 1.85. The lowest BCUT2D eigenvalue weighted by atomic mass is 10.1. The summed E-state index contributed by atoms with van der Waals surface area (Å²) in [6.07, 6.45) is 1.77. The van der Waals surface area contributed by atoms with Crippen molar-refractivity contribution in [3.63, 3.8) is 0 Å². The average Bonchev–Trinajstić information content (AvgIpc) is 3.03. The van der Waals surface area contributed by atoms with Crippen molar-refractivity contribution in [2.24, 2.45) is 0 Å². The smallest absolute Gasteiger partial charge is 0.235 e. The molecule has 3 aromatic rings. The Labute approximate surface area is 149 Å². The maximum atomic E-state index is 11.9. The molecule has 2 heterocycles. The normalized spacial score (nSPS) is 16.6. The van der Waals surface area contributed by atoms with E-state index >= 15 is 0 Å². The van der Waals surface area contributed by atoms with Crippen LogP contribution >= 0.6 is 11.8 Å². The molecule has 0 fully saturated rings. The Morgan fingerprint density at radius 2 is 1.88 bits per heavy atom. The zero-order chi connectivity index (χ0) is 17.1. The SMILES string of the molecule is O=C1CS[C@H](c2ccccc2OCc2ccccc2)c2cn[nH]c2N1. The van der Waals surface area contributed by atoms with Gasteiger partial charge < -0.3 is 10.1 Å². The van der Waals surface area contributed by atoms with E-state index in [4.69, 9.17) is 4.74 Å². The zero-order valence-corrected chi connectivity index (χ0v) is 14.3. The van der Waals surface area contributed by atoms with Crippen LogP contribution < -0.4 is 10.1 Å². The number of para-hydroxylation sites is 1. The van der Waals surface area contributed by atoms with E-state index in [0.717, 1.165) is 22.4 Å². The van der Waals surface area contributed by atoms with Crippen molar-refractivity contribution in [1.29, 1.82) is 0 Å². The standard InChI is InChI=1S/C19H17N3O2S/c23-17-12-25-18(15-10-20-22-19(15)21-17)14-8-4-5-9-16(14)24-11-13-6-2-1-3-7-13/h1-10,18H,11-12H2,(H2,20,21,22,23)/t18-/m1/s1. The van der Waals surface area contributed by atoms with Crippen LogP contribution in [0, 0.1) is 0 Å². The first-order valence-electron chi connectivity index (χ1n) is 8.01. The van der Waals surface area contributed by atoms with Gasteiger partial charge in [-0.25, -0.2) is 0 Å². The van der Waals surface area contributed by atoms with Crippen LogP contribution in [-0.2, 0) is 11.4 Å². The molecule has 1 aliphatic rings. The Morgan fingerprint density at radius 1 is 1.08 bits per heavy atom. The van der Waals surface area contributed by atoms with Crippen LogP contribution in [0.3, 0.4) is 0 Å². The Morgan fingerprint density at radius 3 is 2.76 bits per heavy atom. The summed E-state index contributed by atoms with van der Waals surface area (Å²) in [5.41, 5.74) is 3.13.